The molecule has 85 heavy (non-hydrogen) atoms. The van der Waals surface area contributed by atoms with Crippen molar-refractivity contribution in [2.75, 3.05) is 0 Å². The largest absolute Gasteiger partial charge is 0.416 e. The lowest BCUT2D eigenvalue weighted by Crippen LogP contribution is -2.05. The Morgan fingerprint density at radius 2 is 0.612 bits per heavy atom. The lowest BCUT2D eigenvalue weighted by atomic mass is 9.89. The van der Waals surface area contributed by atoms with Crippen LogP contribution in [0.25, 0.3) is 111 Å². The molecule has 2 nitrogen and oxygen atoms in total. The van der Waals surface area contributed by atoms with E-state index in [2.05, 4.69) is 243 Å². The number of nitrogens with zero attached hydrogens (tertiary/aromatic N) is 2. The Bertz CT molecular complexity index is 4700. The molecule has 0 aliphatic carbocycles. The Balaban J connectivity index is 0.906. The number of hydrogen-bond acceptors (Lipinski definition) is 0. The Kier molecular flexibility index (Phi) is 13.5. The maximum Gasteiger partial charge on any atom is 0.416 e. The zero-order valence-electron chi connectivity index (χ0n) is 50.6. The summed E-state index contributed by atoms with van der Waals surface area (Å²) in [4.78, 5) is 0. The van der Waals surface area contributed by atoms with E-state index in [1.54, 1.807) is 13.0 Å². The summed E-state index contributed by atoms with van der Waals surface area (Å²) in [6.07, 6.45) is -3.65. The van der Waals surface area contributed by atoms with Crippen LogP contribution in [0.15, 0.2) is 188 Å². The maximum atomic E-state index is 13.7. The number of alkyl halides is 3. The van der Waals surface area contributed by atoms with Gasteiger partial charge < -0.3 is 9.13 Å². The first kappa shape index (κ1) is 55.0. The van der Waals surface area contributed by atoms with Gasteiger partial charge in [-0.2, -0.15) is 13.2 Å². The number of benzene rings is 11. The van der Waals surface area contributed by atoms with Crippen LogP contribution in [0.4, 0.5) is 13.2 Å². The predicted octanol–water partition coefficient (Wildman–Crippen LogP) is 22.5. The number of fused-ring (bicyclic) bond motifs is 6. The summed E-state index contributed by atoms with van der Waals surface area (Å²) >= 11 is 0. The van der Waals surface area contributed by atoms with Crippen LogP contribution in [0.2, 0.25) is 0 Å². The molecule has 0 amide bonds. The second-order valence-electron chi connectivity index (χ2n) is 24.5. The van der Waals surface area contributed by atoms with Crippen LogP contribution in [0.5, 0.6) is 0 Å². The van der Waals surface area contributed by atoms with Gasteiger partial charge in [-0.3, -0.25) is 0 Å². The lowest BCUT2D eigenvalue weighted by molar-refractivity contribution is -0.137. The molecule has 13 aromatic rings. The summed E-state index contributed by atoms with van der Waals surface area (Å²) in [5, 5.41) is 4.77. The summed E-state index contributed by atoms with van der Waals surface area (Å²) in [5.74, 6) is 0. The maximum absolute atomic E-state index is 13.7. The van der Waals surface area contributed by atoms with Crippen LogP contribution in [0.1, 0.15) is 83.5 Å². The molecule has 0 spiro atoms. The van der Waals surface area contributed by atoms with Gasteiger partial charge in [0.25, 0.3) is 0 Å². The van der Waals surface area contributed by atoms with Gasteiger partial charge in [0.05, 0.1) is 27.6 Å². The molecule has 5 heteroatoms. The van der Waals surface area contributed by atoms with Crippen molar-refractivity contribution in [2.45, 2.75) is 95.7 Å². The third kappa shape index (κ3) is 9.74. The highest BCUT2D eigenvalue weighted by atomic mass is 19.4. The van der Waals surface area contributed by atoms with Crippen LogP contribution in [0, 0.1) is 83.1 Å². The highest BCUT2D eigenvalue weighted by Crippen LogP contribution is 2.44. The minimum absolute atomic E-state index is 0.583. The Hall–Kier alpha value is -9.19. The van der Waals surface area contributed by atoms with Crippen LogP contribution in [0.3, 0.4) is 0 Å². The van der Waals surface area contributed by atoms with E-state index in [1.165, 1.54) is 145 Å². The molecule has 0 unspecified atom stereocenters. The average Bonchev–Trinajstić information content (AvgIpc) is 2.09. The first-order chi connectivity index (χ1) is 40.7. The first-order valence-electron chi connectivity index (χ1n) is 29.6. The molecule has 0 fully saturated rings. The summed E-state index contributed by atoms with van der Waals surface area (Å²) in [5.41, 5.74) is 34.5. The Labute approximate surface area is 497 Å². The lowest BCUT2D eigenvalue weighted by Gasteiger charge is -2.16. The minimum Gasteiger partial charge on any atom is -0.309 e. The van der Waals surface area contributed by atoms with Gasteiger partial charge in [-0.1, -0.05) is 125 Å². The van der Waals surface area contributed by atoms with Crippen LogP contribution in [-0.2, 0) is 12.6 Å². The summed E-state index contributed by atoms with van der Waals surface area (Å²) in [6.45, 7) is 26.0. The summed E-state index contributed by atoms with van der Waals surface area (Å²) in [7, 11) is 0. The SMILES string of the molecule is Cc1cc(C)c(-c2ccc3c(c2)c2cc(-c4c(C)cc(C)cc4C)ccc2n3-c2ccc(Cc3cc(C)cc(C)c3-c3ccc4c(c3)c3cc(-c5c(C)cc(C)cc5C)ccc3n4-c3ccc(-c4ccc(C(F)(F)F)cc4C)cc3)cc2)c(C)c1. The van der Waals surface area contributed by atoms with Gasteiger partial charge in [-0.25, -0.2) is 0 Å². The molecule has 2 aromatic heterocycles. The van der Waals surface area contributed by atoms with Gasteiger partial charge in [-0.05, 0) is 286 Å². The number of hydrogen-bond donors (Lipinski definition) is 0. The van der Waals surface area contributed by atoms with Gasteiger partial charge in [-0.15, -0.1) is 0 Å². The first-order valence-corrected chi connectivity index (χ1v) is 29.6. The minimum atomic E-state index is -4.40. The number of halogens is 3. The van der Waals surface area contributed by atoms with E-state index in [1.807, 2.05) is 12.1 Å². The van der Waals surface area contributed by atoms with E-state index in [4.69, 9.17) is 0 Å². The molecule has 420 valence electrons. The molecule has 0 aliphatic heterocycles. The van der Waals surface area contributed by atoms with Crippen LogP contribution in [-0.4, -0.2) is 9.13 Å². The van der Waals surface area contributed by atoms with Crippen molar-refractivity contribution in [1.82, 2.24) is 9.13 Å². The fourth-order valence-electron chi connectivity index (χ4n) is 14.7. The van der Waals surface area contributed by atoms with Crippen molar-refractivity contribution in [2.24, 2.45) is 0 Å². The molecular formula is C80H69F3N2. The fourth-order valence-corrected chi connectivity index (χ4v) is 14.7. The van der Waals surface area contributed by atoms with Crippen molar-refractivity contribution in [3.63, 3.8) is 0 Å². The highest BCUT2D eigenvalue weighted by molar-refractivity contribution is 6.13. The molecule has 0 bridgehead atoms. The zero-order valence-corrected chi connectivity index (χ0v) is 50.6. The molecule has 0 saturated carbocycles. The van der Waals surface area contributed by atoms with Crippen LogP contribution < -0.4 is 0 Å². The predicted molar refractivity (Wildman–Crippen MR) is 353 cm³/mol. The van der Waals surface area contributed by atoms with E-state index in [0.717, 1.165) is 56.3 Å². The van der Waals surface area contributed by atoms with E-state index in [9.17, 15) is 13.2 Å². The van der Waals surface area contributed by atoms with Gasteiger partial charge in [0.15, 0.2) is 0 Å². The summed E-state index contributed by atoms with van der Waals surface area (Å²) in [6, 6.07) is 67.7. The van der Waals surface area contributed by atoms with Gasteiger partial charge in [0, 0.05) is 32.9 Å². The average molecular weight is 1120 g/mol. The number of aromatic nitrogens is 2. The molecule has 13 rings (SSSR count). The van der Waals surface area contributed by atoms with Crippen molar-refractivity contribution in [3.8, 4) is 67.0 Å². The monoisotopic (exact) mass is 1110 g/mol. The molecule has 0 saturated heterocycles. The molecule has 0 atom stereocenters. The van der Waals surface area contributed by atoms with Gasteiger partial charge in [0.1, 0.15) is 0 Å². The van der Waals surface area contributed by atoms with Crippen LogP contribution >= 0.6 is 0 Å². The highest BCUT2D eigenvalue weighted by Gasteiger charge is 2.31. The standard InChI is InChI=1S/C80H69F3N2/c1-45-31-50(6)76(51(7)32-45)59-17-27-72-68(41-59)69-42-60(77-52(8)33-46(2)34-53(77)9)18-28-73(69)84(72)65-22-13-57(14-23-65)40-63-38-48(4)37-56(12)79(63)62-20-30-75-71(44-62)70-43-61(78-54(10)35-47(3)36-55(78)11)19-29-74(70)85(75)66-24-15-58(16-25-66)67-26-21-64(39-49(67)5)80(81,82)83/h13-39,41-44H,40H2,1-12H3. The molecular weight excluding hydrogens is 1050 g/mol. The van der Waals surface area contributed by atoms with Crippen molar-refractivity contribution >= 4 is 43.6 Å². The van der Waals surface area contributed by atoms with E-state index in [-0.39, 0.29) is 0 Å². The van der Waals surface area contributed by atoms with Gasteiger partial charge in [0.2, 0.25) is 0 Å². The third-order valence-corrected chi connectivity index (χ3v) is 17.9. The normalized spacial score (nSPS) is 12.0. The van der Waals surface area contributed by atoms with Crippen molar-refractivity contribution in [3.05, 3.63) is 272 Å². The fraction of sp³-hybridized carbons (Fsp3) is 0.175. The van der Waals surface area contributed by atoms with Gasteiger partial charge >= 0.3 is 6.18 Å². The second-order valence-corrected chi connectivity index (χ2v) is 24.5. The summed E-state index contributed by atoms with van der Waals surface area (Å²) < 4.78 is 45.7. The number of rotatable bonds is 9. The van der Waals surface area contributed by atoms with E-state index >= 15 is 0 Å². The smallest absolute Gasteiger partial charge is 0.309 e. The molecule has 2 heterocycles. The van der Waals surface area contributed by atoms with Crippen molar-refractivity contribution < 1.29 is 13.2 Å². The third-order valence-electron chi connectivity index (χ3n) is 17.9. The second kappa shape index (κ2) is 20.9. The number of aryl methyl sites for hydroxylation is 12. The Morgan fingerprint density at radius 1 is 0.294 bits per heavy atom. The molecule has 11 aromatic carbocycles. The topological polar surface area (TPSA) is 9.86 Å². The zero-order chi connectivity index (χ0) is 59.5. The molecule has 0 radical (unpaired) electrons. The molecule has 0 aliphatic rings. The quantitative estimate of drug-likeness (QED) is 0.136. The Morgan fingerprint density at radius 3 is 0.965 bits per heavy atom. The van der Waals surface area contributed by atoms with E-state index < -0.39 is 11.7 Å². The van der Waals surface area contributed by atoms with E-state index in [0.29, 0.717) is 5.56 Å². The van der Waals surface area contributed by atoms with Crippen molar-refractivity contribution in [1.29, 1.82) is 0 Å². The molecule has 0 N–H and O–H groups in total.